The molecule has 0 aliphatic rings. The van der Waals surface area contributed by atoms with Crippen LogP contribution in [0.5, 0.6) is 0 Å². The summed E-state index contributed by atoms with van der Waals surface area (Å²) < 4.78 is 0. The minimum atomic E-state index is -1.14. The van der Waals surface area contributed by atoms with E-state index in [0.29, 0.717) is 5.69 Å². The molecule has 2 aromatic carbocycles. The van der Waals surface area contributed by atoms with Gasteiger partial charge in [-0.15, -0.1) is 11.3 Å². The molecule has 3 rings (SSSR count). The summed E-state index contributed by atoms with van der Waals surface area (Å²) in [7, 11) is 3.89. The van der Waals surface area contributed by atoms with Gasteiger partial charge in [-0.2, -0.15) is 0 Å². The number of hydrogen-bond donors (Lipinski definition) is 2. The van der Waals surface area contributed by atoms with Crippen molar-refractivity contribution < 1.29 is 14.7 Å². The molecule has 0 fully saturated rings. The lowest BCUT2D eigenvalue weighted by atomic mass is 10.1. The van der Waals surface area contributed by atoms with E-state index in [0.717, 1.165) is 26.9 Å². The summed E-state index contributed by atoms with van der Waals surface area (Å²) in [5.74, 6) is -0.389. The van der Waals surface area contributed by atoms with Crippen LogP contribution in [0.2, 0.25) is 0 Å². The Kier molecular flexibility index (Phi) is 6.46. The van der Waals surface area contributed by atoms with Crippen molar-refractivity contribution in [3.8, 4) is 11.3 Å². The Morgan fingerprint density at radius 3 is 2.34 bits per heavy atom. The first-order valence-electron chi connectivity index (χ1n) is 8.97. The van der Waals surface area contributed by atoms with Crippen molar-refractivity contribution in [3.05, 3.63) is 65.5 Å². The van der Waals surface area contributed by atoms with Gasteiger partial charge in [0.25, 0.3) is 0 Å². The number of thiazole rings is 1. The van der Waals surface area contributed by atoms with E-state index in [1.807, 2.05) is 66.8 Å². The minimum absolute atomic E-state index is 0.153. The molecule has 0 saturated carbocycles. The second-order valence-electron chi connectivity index (χ2n) is 6.66. The fourth-order valence-corrected chi connectivity index (χ4v) is 3.46. The van der Waals surface area contributed by atoms with E-state index in [-0.39, 0.29) is 19.0 Å². The monoisotopic (exact) mass is 410 g/mol. The summed E-state index contributed by atoms with van der Waals surface area (Å²) >= 11 is 1.56. The number of nitrogens with one attached hydrogen (secondary N) is 1. The summed E-state index contributed by atoms with van der Waals surface area (Å²) in [6.07, 6.45) is -1.14. The Balaban J connectivity index is 1.61. The van der Waals surface area contributed by atoms with E-state index < -0.39 is 6.09 Å². The number of carbonyl (C=O) groups excluding carboxylic acids is 1. The molecule has 150 valence electrons. The van der Waals surface area contributed by atoms with Crippen LogP contribution in [0.25, 0.3) is 11.3 Å². The fraction of sp³-hybridized carbons (Fsp3) is 0.190. The number of anilines is 2. The van der Waals surface area contributed by atoms with Gasteiger partial charge in [-0.1, -0.05) is 42.5 Å². The first-order chi connectivity index (χ1) is 13.9. The topological polar surface area (TPSA) is 85.8 Å². The molecule has 0 bridgehead atoms. The average Bonchev–Trinajstić information content (AvgIpc) is 3.19. The quantitative estimate of drug-likeness (QED) is 0.615. The zero-order chi connectivity index (χ0) is 20.8. The first-order valence-corrected chi connectivity index (χ1v) is 9.85. The maximum absolute atomic E-state index is 12.3. The fourth-order valence-electron chi connectivity index (χ4n) is 2.70. The van der Waals surface area contributed by atoms with Crippen molar-refractivity contribution in [1.82, 2.24) is 9.88 Å². The number of aromatic nitrogens is 1. The molecule has 0 aliphatic carbocycles. The molecule has 1 aromatic heterocycles. The van der Waals surface area contributed by atoms with Crippen LogP contribution in [0, 0.1) is 0 Å². The molecule has 29 heavy (non-hydrogen) atoms. The van der Waals surface area contributed by atoms with E-state index in [9.17, 15) is 14.7 Å². The summed E-state index contributed by atoms with van der Waals surface area (Å²) in [4.78, 5) is 31.4. The highest BCUT2D eigenvalue weighted by Crippen LogP contribution is 2.27. The highest BCUT2D eigenvalue weighted by Gasteiger charge is 2.16. The van der Waals surface area contributed by atoms with Crippen LogP contribution in [-0.4, -0.2) is 47.6 Å². The van der Waals surface area contributed by atoms with Crippen LogP contribution in [0.3, 0.4) is 0 Å². The molecule has 8 heteroatoms. The number of hydrogen-bond acceptors (Lipinski definition) is 5. The zero-order valence-electron chi connectivity index (χ0n) is 16.2. The lowest BCUT2D eigenvalue weighted by Gasteiger charge is -2.19. The molecule has 2 N–H and O–H groups in total. The van der Waals surface area contributed by atoms with E-state index in [2.05, 4.69) is 10.3 Å². The van der Waals surface area contributed by atoms with Gasteiger partial charge in [0.15, 0.2) is 5.13 Å². The molecule has 3 aromatic rings. The van der Waals surface area contributed by atoms with Crippen LogP contribution in [0.4, 0.5) is 15.6 Å². The maximum Gasteiger partial charge on any atom is 0.408 e. The molecule has 0 atom stereocenters. The van der Waals surface area contributed by atoms with Gasteiger partial charge >= 0.3 is 6.09 Å². The molecule has 1 heterocycles. The number of nitrogens with zero attached hydrogens (tertiary/aromatic N) is 3. The predicted octanol–water partition coefficient (Wildman–Crippen LogP) is 3.99. The lowest BCUT2D eigenvalue weighted by molar-refractivity contribution is -0.117. The van der Waals surface area contributed by atoms with Gasteiger partial charge in [0.2, 0.25) is 5.91 Å². The average molecular weight is 410 g/mol. The second kappa shape index (κ2) is 9.20. The van der Waals surface area contributed by atoms with Crippen molar-refractivity contribution >= 4 is 34.2 Å². The van der Waals surface area contributed by atoms with Gasteiger partial charge in [-0.25, -0.2) is 9.78 Å². The molecule has 2 amide bonds. The molecule has 0 unspecified atom stereocenters. The third-order valence-electron chi connectivity index (χ3n) is 4.16. The summed E-state index contributed by atoms with van der Waals surface area (Å²) in [6.45, 7) is -0.0924. The maximum atomic E-state index is 12.3. The lowest BCUT2D eigenvalue weighted by Crippen LogP contribution is -2.36. The van der Waals surface area contributed by atoms with Crippen LogP contribution in [-0.2, 0) is 11.3 Å². The zero-order valence-corrected chi connectivity index (χ0v) is 17.0. The van der Waals surface area contributed by atoms with Crippen LogP contribution >= 0.6 is 11.3 Å². The molecular formula is C21H22N4O3S. The van der Waals surface area contributed by atoms with Gasteiger partial charge in [-0.3, -0.25) is 9.69 Å². The van der Waals surface area contributed by atoms with E-state index >= 15 is 0 Å². The van der Waals surface area contributed by atoms with Crippen molar-refractivity contribution in [3.63, 3.8) is 0 Å². The van der Waals surface area contributed by atoms with Crippen LogP contribution in [0.1, 0.15) is 5.56 Å². The van der Waals surface area contributed by atoms with Gasteiger partial charge in [0.05, 0.1) is 5.69 Å². The van der Waals surface area contributed by atoms with Gasteiger partial charge in [-0.05, 0) is 17.7 Å². The highest BCUT2D eigenvalue weighted by molar-refractivity contribution is 7.14. The Morgan fingerprint density at radius 1 is 1.07 bits per heavy atom. The van der Waals surface area contributed by atoms with Crippen molar-refractivity contribution in [2.24, 2.45) is 0 Å². The van der Waals surface area contributed by atoms with Gasteiger partial charge in [0.1, 0.15) is 6.54 Å². The van der Waals surface area contributed by atoms with Crippen LogP contribution < -0.4 is 10.2 Å². The Hall–Kier alpha value is -3.39. The number of benzene rings is 2. The number of amides is 2. The SMILES string of the molecule is CN(C)c1nc(-c2ccc(NC(=O)CN(Cc3ccccc3)C(=O)O)cc2)cs1. The third kappa shape index (κ3) is 5.55. The first kappa shape index (κ1) is 20.3. The van der Waals surface area contributed by atoms with E-state index in [1.54, 1.807) is 23.5 Å². The third-order valence-corrected chi connectivity index (χ3v) is 5.17. The summed E-state index contributed by atoms with van der Waals surface area (Å²) in [5.41, 5.74) is 3.25. The normalized spacial score (nSPS) is 10.4. The molecule has 0 spiro atoms. The van der Waals surface area contributed by atoms with Crippen molar-refractivity contribution in [2.75, 3.05) is 30.9 Å². The standard InChI is InChI=1S/C21H22N4O3S/c1-24(2)20-23-18(14-29-20)16-8-10-17(11-9-16)22-19(26)13-25(21(27)28)12-15-6-4-3-5-7-15/h3-11,14H,12-13H2,1-2H3,(H,22,26)(H,27,28). The van der Waals surface area contributed by atoms with E-state index in [1.165, 1.54) is 0 Å². The molecule has 0 saturated heterocycles. The van der Waals surface area contributed by atoms with Crippen molar-refractivity contribution in [2.45, 2.75) is 6.54 Å². The highest BCUT2D eigenvalue weighted by atomic mass is 32.1. The smallest absolute Gasteiger partial charge is 0.408 e. The molecule has 0 aliphatic heterocycles. The Morgan fingerprint density at radius 2 is 1.76 bits per heavy atom. The molecule has 0 radical (unpaired) electrons. The second-order valence-corrected chi connectivity index (χ2v) is 7.50. The Bertz CT molecular complexity index is 971. The Labute approximate surface area is 173 Å². The molecule has 7 nitrogen and oxygen atoms in total. The van der Waals surface area contributed by atoms with Crippen LogP contribution in [0.15, 0.2) is 60.0 Å². The number of rotatable bonds is 7. The summed E-state index contributed by atoms with van der Waals surface area (Å²) in [5, 5.41) is 15.0. The van der Waals surface area contributed by atoms with Crippen molar-refractivity contribution in [1.29, 1.82) is 0 Å². The molecular weight excluding hydrogens is 388 g/mol. The van der Waals surface area contributed by atoms with Gasteiger partial charge in [0, 0.05) is 37.3 Å². The minimum Gasteiger partial charge on any atom is -0.465 e. The summed E-state index contributed by atoms with van der Waals surface area (Å²) in [6, 6.07) is 16.5. The number of carbonyl (C=O) groups is 2. The largest absolute Gasteiger partial charge is 0.465 e. The number of carboxylic acid groups (broad SMARTS) is 1. The van der Waals surface area contributed by atoms with Gasteiger partial charge < -0.3 is 15.3 Å². The van der Waals surface area contributed by atoms with E-state index in [4.69, 9.17) is 0 Å². The predicted molar refractivity (Wildman–Crippen MR) is 115 cm³/mol.